The lowest BCUT2D eigenvalue weighted by molar-refractivity contribution is -0.140. The normalized spacial score (nSPS) is 17.0. The van der Waals surface area contributed by atoms with Gasteiger partial charge in [0.1, 0.15) is 0 Å². The molecule has 7 heteroatoms. The Morgan fingerprint density at radius 3 is 2.70 bits per heavy atom. The van der Waals surface area contributed by atoms with E-state index in [2.05, 4.69) is 10.6 Å². The van der Waals surface area contributed by atoms with Gasteiger partial charge in [-0.2, -0.15) is 0 Å². The number of thiocarbonyl (C=S) groups is 1. The van der Waals surface area contributed by atoms with Crippen LogP contribution in [0.5, 0.6) is 0 Å². The predicted molar refractivity (Wildman–Crippen MR) is 110 cm³/mol. The van der Waals surface area contributed by atoms with Crippen LogP contribution in [0, 0.1) is 5.92 Å². The Labute approximate surface area is 166 Å². The second kappa shape index (κ2) is 8.99. The summed E-state index contributed by atoms with van der Waals surface area (Å²) in [7, 11) is 1.81. The van der Waals surface area contributed by atoms with Gasteiger partial charge in [0.05, 0.1) is 18.2 Å². The Bertz CT molecular complexity index is 773. The average molecular weight is 390 g/mol. The minimum Gasteiger partial charge on any atom is -0.462 e. The summed E-state index contributed by atoms with van der Waals surface area (Å²) < 4.78 is 5.48. The van der Waals surface area contributed by atoms with Crippen molar-refractivity contribution in [2.24, 2.45) is 5.92 Å². The molecule has 0 spiro atoms. The lowest BCUT2D eigenvalue weighted by Crippen LogP contribution is -2.46. The summed E-state index contributed by atoms with van der Waals surface area (Å²) in [5.74, 6) is -0.186. The predicted octanol–water partition coefficient (Wildman–Crippen LogP) is 3.37. The zero-order valence-corrected chi connectivity index (χ0v) is 17.3. The molecule has 1 heterocycles. The van der Waals surface area contributed by atoms with Gasteiger partial charge >= 0.3 is 5.97 Å². The van der Waals surface area contributed by atoms with Gasteiger partial charge < -0.3 is 20.3 Å². The summed E-state index contributed by atoms with van der Waals surface area (Å²) in [6, 6.07) is 6.97. The molecule has 0 unspecified atom stereocenters. The summed E-state index contributed by atoms with van der Waals surface area (Å²) in [4.78, 5) is 26.3. The van der Waals surface area contributed by atoms with Gasteiger partial charge in [-0.25, -0.2) is 4.79 Å². The van der Waals surface area contributed by atoms with E-state index in [9.17, 15) is 9.59 Å². The van der Waals surface area contributed by atoms with E-state index in [0.29, 0.717) is 29.4 Å². The van der Waals surface area contributed by atoms with E-state index in [1.807, 2.05) is 52.1 Å². The lowest BCUT2D eigenvalue weighted by Gasteiger charge is -2.35. The number of amides is 1. The fourth-order valence-corrected chi connectivity index (χ4v) is 2.97. The van der Waals surface area contributed by atoms with Gasteiger partial charge in [0.15, 0.2) is 5.11 Å². The van der Waals surface area contributed by atoms with Crippen molar-refractivity contribution in [1.29, 1.82) is 0 Å². The molecule has 6 nitrogen and oxygen atoms in total. The number of nitrogens with zero attached hydrogens (tertiary/aromatic N) is 1. The Kier molecular flexibility index (Phi) is 6.96. The van der Waals surface area contributed by atoms with Crippen LogP contribution in [0.15, 0.2) is 35.5 Å². The molecule has 0 radical (unpaired) electrons. The maximum atomic E-state index is 12.8. The molecule has 1 aliphatic heterocycles. The van der Waals surface area contributed by atoms with Crippen molar-refractivity contribution in [3.05, 3.63) is 41.1 Å². The number of carbonyl (C=O) groups excluding carboxylic acids is 2. The largest absolute Gasteiger partial charge is 0.462 e. The van der Waals surface area contributed by atoms with Crippen LogP contribution in [0.4, 0.5) is 5.69 Å². The van der Waals surface area contributed by atoms with Crippen LogP contribution in [0.25, 0.3) is 0 Å². The summed E-state index contributed by atoms with van der Waals surface area (Å²) in [5, 5.41) is 6.58. The highest BCUT2D eigenvalue weighted by Gasteiger charge is 2.33. The maximum Gasteiger partial charge on any atom is 0.338 e. The highest BCUT2D eigenvalue weighted by atomic mass is 32.1. The van der Waals surface area contributed by atoms with Crippen LogP contribution in [0.1, 0.15) is 45.7 Å². The highest BCUT2D eigenvalue weighted by Crippen LogP contribution is 2.32. The standard InChI is InChI=1S/C20H27N3O3S/c1-6-16(24)21-15-9-7-8-14(10-15)18-17(19(25)26-11-12(2)3)13(4)23(5)20(27)22-18/h7-10,12,18H,6,11H2,1-5H3,(H,21,24)(H,22,27)/t18-/m0/s1. The minimum absolute atomic E-state index is 0.0673. The van der Waals surface area contributed by atoms with E-state index in [1.165, 1.54) is 0 Å². The number of hydrogen-bond acceptors (Lipinski definition) is 4. The van der Waals surface area contributed by atoms with Crippen LogP contribution in [-0.4, -0.2) is 35.5 Å². The van der Waals surface area contributed by atoms with Gasteiger partial charge in [-0.05, 0) is 42.8 Å². The van der Waals surface area contributed by atoms with Crippen molar-refractivity contribution >= 4 is 34.9 Å². The van der Waals surface area contributed by atoms with Crippen molar-refractivity contribution < 1.29 is 14.3 Å². The molecule has 1 amide bonds. The number of ether oxygens (including phenoxy) is 1. The van der Waals surface area contributed by atoms with E-state index >= 15 is 0 Å². The van der Waals surface area contributed by atoms with E-state index in [0.717, 1.165) is 11.3 Å². The Morgan fingerprint density at radius 1 is 1.37 bits per heavy atom. The number of rotatable bonds is 6. The molecule has 0 saturated carbocycles. The Hall–Kier alpha value is -2.41. The number of anilines is 1. The molecular weight excluding hydrogens is 362 g/mol. The average Bonchev–Trinajstić information content (AvgIpc) is 2.64. The van der Waals surface area contributed by atoms with Gasteiger partial charge in [-0.1, -0.05) is 32.9 Å². The minimum atomic E-state index is -0.438. The molecule has 1 aliphatic rings. The summed E-state index contributed by atoms with van der Waals surface area (Å²) in [6.07, 6.45) is 0.395. The van der Waals surface area contributed by atoms with Crippen molar-refractivity contribution in [3.8, 4) is 0 Å². The van der Waals surface area contributed by atoms with E-state index < -0.39 is 6.04 Å². The molecule has 0 saturated heterocycles. The maximum absolute atomic E-state index is 12.8. The SMILES string of the molecule is CCC(=O)Nc1cccc([C@@H]2NC(=S)N(C)C(C)=C2C(=O)OCC(C)C)c1. The van der Waals surface area contributed by atoms with Crippen molar-refractivity contribution in [1.82, 2.24) is 10.2 Å². The molecule has 0 aliphatic carbocycles. The number of esters is 1. The molecule has 0 aromatic heterocycles. The highest BCUT2D eigenvalue weighted by molar-refractivity contribution is 7.80. The van der Waals surface area contributed by atoms with Crippen LogP contribution in [0.2, 0.25) is 0 Å². The number of benzene rings is 1. The van der Waals surface area contributed by atoms with Crippen LogP contribution < -0.4 is 10.6 Å². The number of hydrogen-bond donors (Lipinski definition) is 2. The first-order valence-corrected chi connectivity index (χ1v) is 9.47. The summed E-state index contributed by atoms with van der Waals surface area (Å²) in [5.41, 5.74) is 2.78. The van der Waals surface area contributed by atoms with Gasteiger partial charge in [-0.15, -0.1) is 0 Å². The van der Waals surface area contributed by atoms with Gasteiger partial charge in [-0.3, -0.25) is 4.79 Å². The molecule has 27 heavy (non-hydrogen) atoms. The van der Waals surface area contributed by atoms with Crippen molar-refractivity contribution in [3.63, 3.8) is 0 Å². The molecule has 1 atom stereocenters. The van der Waals surface area contributed by atoms with Gasteiger partial charge in [0.25, 0.3) is 0 Å². The van der Waals surface area contributed by atoms with E-state index in [1.54, 1.807) is 11.8 Å². The van der Waals surface area contributed by atoms with Gasteiger partial charge in [0, 0.05) is 24.9 Å². The first kappa shape index (κ1) is 20.9. The van der Waals surface area contributed by atoms with Crippen LogP contribution in [-0.2, 0) is 14.3 Å². The second-order valence-corrected chi connectivity index (χ2v) is 7.35. The molecule has 2 N–H and O–H groups in total. The smallest absolute Gasteiger partial charge is 0.338 e. The zero-order chi connectivity index (χ0) is 20.1. The summed E-state index contributed by atoms with van der Waals surface area (Å²) in [6.45, 7) is 7.99. The zero-order valence-electron chi connectivity index (χ0n) is 16.5. The third-order valence-electron chi connectivity index (χ3n) is 4.35. The molecule has 2 rings (SSSR count). The quantitative estimate of drug-likeness (QED) is 0.574. The van der Waals surface area contributed by atoms with Crippen LogP contribution in [0.3, 0.4) is 0 Å². The van der Waals surface area contributed by atoms with Crippen LogP contribution >= 0.6 is 12.2 Å². The molecular formula is C20H27N3O3S. The Balaban J connectivity index is 2.40. The lowest BCUT2D eigenvalue weighted by atomic mass is 9.94. The molecule has 1 aromatic carbocycles. The first-order valence-electron chi connectivity index (χ1n) is 9.06. The van der Waals surface area contributed by atoms with Gasteiger partial charge in [0.2, 0.25) is 5.91 Å². The van der Waals surface area contributed by atoms with Crippen molar-refractivity contribution in [2.75, 3.05) is 19.0 Å². The fraction of sp³-hybridized carbons (Fsp3) is 0.450. The third-order valence-corrected chi connectivity index (χ3v) is 4.74. The fourth-order valence-electron chi connectivity index (χ4n) is 2.72. The molecule has 146 valence electrons. The molecule has 1 aromatic rings. The Morgan fingerprint density at radius 2 is 2.07 bits per heavy atom. The molecule has 0 bridgehead atoms. The second-order valence-electron chi connectivity index (χ2n) is 6.96. The first-order chi connectivity index (χ1) is 12.7. The molecule has 0 fully saturated rings. The topological polar surface area (TPSA) is 70.7 Å². The number of carbonyl (C=O) groups is 2. The van der Waals surface area contributed by atoms with E-state index in [4.69, 9.17) is 17.0 Å². The van der Waals surface area contributed by atoms with Crippen molar-refractivity contribution in [2.45, 2.75) is 40.2 Å². The van der Waals surface area contributed by atoms with E-state index in [-0.39, 0.29) is 17.8 Å². The monoisotopic (exact) mass is 389 g/mol. The number of allylic oxidation sites excluding steroid dienone is 1. The third kappa shape index (κ3) is 5.07. The summed E-state index contributed by atoms with van der Waals surface area (Å²) >= 11 is 5.41. The number of nitrogens with one attached hydrogen (secondary N) is 2.